The van der Waals surface area contributed by atoms with E-state index in [0.29, 0.717) is 10.8 Å². The van der Waals surface area contributed by atoms with Crippen LogP contribution >= 0.6 is 0 Å². The van der Waals surface area contributed by atoms with E-state index in [4.69, 9.17) is 5.11 Å². The number of benzene rings is 2. The molecule has 0 bridgehead atoms. The monoisotopic (exact) mass is 284 g/mol. The summed E-state index contributed by atoms with van der Waals surface area (Å²) in [7, 11) is -4.43. The predicted molar refractivity (Wildman–Crippen MR) is 66.4 cm³/mol. The van der Waals surface area contributed by atoms with E-state index >= 15 is 0 Å². The first-order valence-electron chi connectivity index (χ1n) is 5.18. The van der Waals surface area contributed by atoms with Crippen LogP contribution in [0, 0.1) is 0 Å². The highest BCUT2D eigenvalue weighted by molar-refractivity contribution is 7.86. The summed E-state index contributed by atoms with van der Waals surface area (Å²) < 4.78 is 38.9. The maximum atomic E-state index is 12.2. The summed E-state index contributed by atoms with van der Waals surface area (Å²) in [6.07, 6.45) is 0. The summed E-state index contributed by atoms with van der Waals surface area (Å²) in [6.45, 7) is 0. The van der Waals surface area contributed by atoms with Gasteiger partial charge in [-0.2, -0.15) is 8.42 Å². The minimum absolute atomic E-state index is 0.310. The Hall–Kier alpha value is -2.15. The number of alkyl halides is 1. The zero-order valence-electron chi connectivity index (χ0n) is 9.54. The van der Waals surface area contributed by atoms with Crippen LogP contribution in [-0.4, -0.2) is 25.5 Å². The maximum absolute atomic E-state index is 12.2. The van der Waals surface area contributed by atoms with Crippen molar-refractivity contribution >= 4 is 26.9 Å². The van der Waals surface area contributed by atoms with Crippen LogP contribution in [-0.2, 0) is 10.1 Å². The van der Waals surface area contributed by atoms with Crippen molar-refractivity contribution in [1.82, 2.24) is 0 Å². The van der Waals surface area contributed by atoms with Crippen molar-refractivity contribution in [3.8, 4) is 5.75 Å². The minimum Gasteiger partial charge on any atom is -0.478 e. The largest absolute Gasteiger partial charge is 0.478 e. The average molecular weight is 284 g/mol. The van der Waals surface area contributed by atoms with Crippen LogP contribution in [0.15, 0.2) is 36.4 Å². The van der Waals surface area contributed by atoms with Crippen LogP contribution in [0.4, 0.5) is 4.39 Å². The number of halogens is 1. The number of hydrogen-bond donors (Lipinski definition) is 1. The second-order valence-electron chi connectivity index (χ2n) is 3.72. The fourth-order valence-corrected chi connectivity index (χ4v) is 2.16. The Morgan fingerprint density at radius 1 is 1.21 bits per heavy atom. The number of carboxylic acids is 1. The quantitative estimate of drug-likeness (QED) is 0.870. The van der Waals surface area contributed by atoms with Gasteiger partial charge in [0.1, 0.15) is 5.56 Å². The lowest BCUT2D eigenvalue weighted by Gasteiger charge is -2.09. The molecule has 0 heterocycles. The molecule has 2 rings (SSSR count). The van der Waals surface area contributed by atoms with Gasteiger partial charge in [-0.3, -0.25) is 0 Å². The second kappa shape index (κ2) is 4.85. The molecular weight excluding hydrogens is 275 g/mol. The van der Waals surface area contributed by atoms with Crippen LogP contribution < -0.4 is 4.18 Å². The van der Waals surface area contributed by atoms with Gasteiger partial charge in [0.05, 0.1) is 0 Å². The van der Waals surface area contributed by atoms with Crippen molar-refractivity contribution in [2.24, 2.45) is 0 Å². The molecule has 1 N–H and O–H groups in total. The third-order valence-electron chi connectivity index (χ3n) is 2.46. The fourth-order valence-electron chi connectivity index (χ4n) is 1.70. The number of fused-ring (bicyclic) bond motifs is 1. The fraction of sp³-hybridized carbons (Fsp3) is 0.0833. The van der Waals surface area contributed by atoms with Gasteiger partial charge in [0.2, 0.25) is 6.01 Å². The molecule has 0 unspecified atom stereocenters. The van der Waals surface area contributed by atoms with Crippen LogP contribution in [0.5, 0.6) is 5.75 Å². The summed E-state index contributed by atoms with van der Waals surface area (Å²) in [6, 6.07) is 7.50. The molecule has 0 aliphatic rings. The zero-order valence-corrected chi connectivity index (χ0v) is 10.4. The van der Waals surface area contributed by atoms with E-state index in [1.807, 2.05) is 0 Å². The standard InChI is InChI=1S/C12H9FO5S/c13-7-19(16,17)18-10-6-5-8-3-1-2-4-9(8)11(10)12(14)15/h1-6H,7H2,(H,14,15). The van der Waals surface area contributed by atoms with Crippen molar-refractivity contribution in [2.75, 3.05) is 6.01 Å². The molecule has 2 aromatic carbocycles. The highest BCUT2D eigenvalue weighted by Crippen LogP contribution is 2.29. The van der Waals surface area contributed by atoms with Crippen molar-refractivity contribution in [2.45, 2.75) is 0 Å². The van der Waals surface area contributed by atoms with E-state index in [2.05, 4.69) is 4.18 Å². The molecule has 0 fully saturated rings. The van der Waals surface area contributed by atoms with Crippen molar-refractivity contribution in [3.05, 3.63) is 42.0 Å². The molecular formula is C12H9FO5S. The summed E-state index contributed by atoms with van der Waals surface area (Å²) in [5.74, 6) is -1.75. The molecule has 0 amide bonds. The number of aromatic carboxylic acids is 1. The number of hydrogen-bond acceptors (Lipinski definition) is 4. The molecule has 100 valence electrons. The second-order valence-corrected chi connectivity index (χ2v) is 5.22. The number of rotatable bonds is 4. The first kappa shape index (κ1) is 13.3. The molecule has 0 saturated heterocycles. The van der Waals surface area contributed by atoms with Gasteiger partial charge in [0.25, 0.3) is 0 Å². The molecule has 7 heteroatoms. The summed E-state index contributed by atoms with van der Waals surface area (Å²) >= 11 is 0. The van der Waals surface area contributed by atoms with Crippen molar-refractivity contribution < 1.29 is 26.9 Å². The molecule has 0 aromatic heterocycles. The lowest BCUT2D eigenvalue weighted by atomic mass is 10.0. The SMILES string of the molecule is O=C(O)c1c(OS(=O)(=O)CF)ccc2ccccc12. The van der Waals surface area contributed by atoms with Gasteiger partial charge in [0.15, 0.2) is 5.75 Å². The Kier molecular flexibility index (Phi) is 3.39. The lowest BCUT2D eigenvalue weighted by Crippen LogP contribution is -2.13. The van der Waals surface area contributed by atoms with Crippen LogP contribution in [0.2, 0.25) is 0 Å². The topological polar surface area (TPSA) is 80.7 Å². The minimum atomic E-state index is -4.43. The van der Waals surface area contributed by atoms with Gasteiger partial charge in [-0.05, 0) is 11.5 Å². The van der Waals surface area contributed by atoms with Gasteiger partial charge >= 0.3 is 16.1 Å². The van der Waals surface area contributed by atoms with Gasteiger partial charge in [-0.15, -0.1) is 0 Å². The maximum Gasteiger partial charge on any atom is 0.340 e. The lowest BCUT2D eigenvalue weighted by molar-refractivity contribution is 0.0697. The van der Waals surface area contributed by atoms with Gasteiger partial charge in [-0.25, -0.2) is 9.18 Å². The van der Waals surface area contributed by atoms with Gasteiger partial charge < -0.3 is 9.29 Å². The van der Waals surface area contributed by atoms with E-state index in [9.17, 15) is 17.6 Å². The van der Waals surface area contributed by atoms with Gasteiger partial charge in [-0.1, -0.05) is 30.3 Å². The Bertz CT molecular complexity index is 739. The van der Waals surface area contributed by atoms with E-state index in [-0.39, 0.29) is 5.56 Å². The van der Waals surface area contributed by atoms with Crippen LogP contribution in [0.3, 0.4) is 0 Å². The molecule has 0 aliphatic carbocycles. The van der Waals surface area contributed by atoms with E-state index in [0.717, 1.165) is 0 Å². The predicted octanol–water partition coefficient (Wildman–Crippen LogP) is 2.17. The molecule has 0 saturated carbocycles. The normalized spacial score (nSPS) is 11.4. The highest BCUT2D eigenvalue weighted by Gasteiger charge is 2.20. The molecule has 0 radical (unpaired) electrons. The highest BCUT2D eigenvalue weighted by atomic mass is 32.2. The van der Waals surface area contributed by atoms with Crippen LogP contribution in [0.1, 0.15) is 10.4 Å². The third-order valence-corrected chi connectivity index (χ3v) is 3.16. The molecule has 2 aromatic rings. The average Bonchev–Trinajstić information content (AvgIpc) is 2.37. The number of carboxylic acid groups (broad SMARTS) is 1. The van der Waals surface area contributed by atoms with E-state index in [1.54, 1.807) is 18.2 Å². The molecule has 0 atom stereocenters. The number of carbonyl (C=O) groups is 1. The third kappa shape index (κ3) is 2.65. The Morgan fingerprint density at radius 3 is 2.53 bits per heavy atom. The Balaban J connectivity index is 2.68. The molecule has 0 spiro atoms. The molecule has 5 nitrogen and oxygen atoms in total. The molecule has 19 heavy (non-hydrogen) atoms. The Morgan fingerprint density at radius 2 is 1.89 bits per heavy atom. The van der Waals surface area contributed by atoms with E-state index < -0.39 is 27.8 Å². The first-order valence-corrected chi connectivity index (χ1v) is 6.75. The van der Waals surface area contributed by atoms with E-state index in [1.165, 1.54) is 18.2 Å². The smallest absolute Gasteiger partial charge is 0.340 e. The van der Waals surface area contributed by atoms with Crippen molar-refractivity contribution in [1.29, 1.82) is 0 Å². The summed E-state index contributed by atoms with van der Waals surface area (Å²) in [4.78, 5) is 11.2. The Labute approximate surface area is 108 Å². The first-order chi connectivity index (χ1) is 8.94. The van der Waals surface area contributed by atoms with Gasteiger partial charge in [0, 0.05) is 5.39 Å². The van der Waals surface area contributed by atoms with Crippen molar-refractivity contribution in [3.63, 3.8) is 0 Å². The summed E-state index contributed by atoms with van der Waals surface area (Å²) in [5.41, 5.74) is -0.310. The summed E-state index contributed by atoms with van der Waals surface area (Å²) in [5, 5.41) is 10.1. The van der Waals surface area contributed by atoms with Crippen LogP contribution in [0.25, 0.3) is 10.8 Å². The molecule has 0 aliphatic heterocycles. The zero-order chi connectivity index (χ0) is 14.0.